The van der Waals surface area contributed by atoms with Gasteiger partial charge in [-0.15, -0.1) is 11.6 Å². The third-order valence-electron chi connectivity index (χ3n) is 2.50. The number of alkyl halides is 1. The highest BCUT2D eigenvalue weighted by Gasteiger charge is 2.03. The largest absolute Gasteiger partial charge is 0.489 e. The Morgan fingerprint density at radius 3 is 2.83 bits per heavy atom. The lowest BCUT2D eigenvalue weighted by Gasteiger charge is -2.06. The summed E-state index contributed by atoms with van der Waals surface area (Å²) in [4.78, 5) is 0. The molecule has 0 bridgehead atoms. The van der Waals surface area contributed by atoms with Crippen LogP contribution in [0, 0.1) is 5.82 Å². The Morgan fingerprint density at radius 2 is 2.17 bits per heavy atom. The molecule has 5 heteroatoms. The van der Waals surface area contributed by atoms with Crippen LogP contribution in [0.25, 0.3) is 0 Å². The van der Waals surface area contributed by atoms with Crippen molar-refractivity contribution in [2.45, 2.75) is 26.0 Å². The van der Waals surface area contributed by atoms with Crippen LogP contribution in [-0.2, 0) is 19.0 Å². The van der Waals surface area contributed by atoms with E-state index in [1.165, 1.54) is 12.1 Å². The number of halogens is 2. The molecule has 0 aliphatic carbocycles. The van der Waals surface area contributed by atoms with E-state index in [4.69, 9.17) is 16.3 Å². The summed E-state index contributed by atoms with van der Waals surface area (Å²) in [7, 11) is 0. The zero-order chi connectivity index (χ0) is 13.0. The average molecular weight is 269 g/mol. The molecule has 2 aromatic rings. The Kier molecular flexibility index (Phi) is 4.20. The van der Waals surface area contributed by atoms with Crippen LogP contribution in [0.4, 0.5) is 4.39 Å². The van der Waals surface area contributed by atoms with Gasteiger partial charge in [-0.25, -0.2) is 4.39 Å². The van der Waals surface area contributed by atoms with Crippen LogP contribution in [0.5, 0.6) is 5.75 Å². The second kappa shape index (κ2) is 5.87. The summed E-state index contributed by atoms with van der Waals surface area (Å²) in [5, 5.41) is 4.14. The van der Waals surface area contributed by atoms with Gasteiger partial charge in [0, 0.05) is 30.3 Å². The van der Waals surface area contributed by atoms with Gasteiger partial charge >= 0.3 is 0 Å². The third kappa shape index (κ3) is 3.23. The maximum Gasteiger partial charge on any atom is 0.127 e. The maximum absolute atomic E-state index is 13.2. The SMILES string of the molecule is CCn1cc(COc2cc(F)cc(CCl)c2)cn1. The van der Waals surface area contributed by atoms with Gasteiger partial charge in [0.2, 0.25) is 0 Å². The molecule has 18 heavy (non-hydrogen) atoms. The summed E-state index contributed by atoms with van der Waals surface area (Å²) in [6.07, 6.45) is 3.65. The van der Waals surface area contributed by atoms with Crippen LogP contribution in [0.2, 0.25) is 0 Å². The van der Waals surface area contributed by atoms with Crippen LogP contribution < -0.4 is 4.74 Å². The van der Waals surface area contributed by atoms with Gasteiger partial charge in [0.15, 0.2) is 0 Å². The monoisotopic (exact) mass is 268 g/mol. The number of hydrogen-bond donors (Lipinski definition) is 0. The normalized spacial score (nSPS) is 10.6. The maximum atomic E-state index is 13.2. The zero-order valence-electron chi connectivity index (χ0n) is 10.1. The first-order valence-electron chi connectivity index (χ1n) is 5.71. The fourth-order valence-electron chi connectivity index (χ4n) is 1.60. The van der Waals surface area contributed by atoms with Crippen LogP contribution in [0.3, 0.4) is 0 Å². The molecule has 0 aliphatic heterocycles. The van der Waals surface area contributed by atoms with Gasteiger partial charge in [0.1, 0.15) is 18.2 Å². The molecule has 0 fully saturated rings. The second-order valence-corrected chi connectivity index (χ2v) is 4.19. The van der Waals surface area contributed by atoms with Gasteiger partial charge in [-0.2, -0.15) is 5.10 Å². The second-order valence-electron chi connectivity index (χ2n) is 3.92. The Hall–Kier alpha value is -1.55. The molecule has 0 saturated heterocycles. The summed E-state index contributed by atoms with van der Waals surface area (Å²) >= 11 is 5.67. The Morgan fingerprint density at radius 1 is 1.33 bits per heavy atom. The van der Waals surface area contributed by atoms with Crippen molar-refractivity contribution in [2.24, 2.45) is 0 Å². The number of rotatable bonds is 5. The van der Waals surface area contributed by atoms with Crippen LogP contribution >= 0.6 is 11.6 Å². The number of nitrogens with zero attached hydrogens (tertiary/aromatic N) is 2. The standard InChI is InChI=1S/C13H14ClFN2O/c1-2-17-8-11(7-16-17)9-18-13-4-10(6-14)3-12(15)5-13/h3-5,7-8H,2,6,9H2,1H3. The lowest BCUT2D eigenvalue weighted by Crippen LogP contribution is -1.96. The highest BCUT2D eigenvalue weighted by atomic mass is 35.5. The number of ether oxygens (including phenoxy) is 1. The van der Waals surface area contributed by atoms with E-state index in [1.54, 1.807) is 12.3 Å². The van der Waals surface area contributed by atoms with Gasteiger partial charge in [0.25, 0.3) is 0 Å². The molecule has 0 amide bonds. The summed E-state index contributed by atoms with van der Waals surface area (Å²) in [5.41, 5.74) is 1.66. The van der Waals surface area contributed by atoms with Crippen LogP contribution in [0.15, 0.2) is 30.6 Å². The van der Waals surface area contributed by atoms with Crippen LogP contribution in [0.1, 0.15) is 18.1 Å². The van der Waals surface area contributed by atoms with E-state index in [0.717, 1.165) is 12.1 Å². The fourth-order valence-corrected chi connectivity index (χ4v) is 1.76. The van der Waals surface area contributed by atoms with E-state index in [9.17, 15) is 4.39 Å². The van der Waals surface area contributed by atoms with E-state index >= 15 is 0 Å². The van der Waals surface area contributed by atoms with E-state index in [0.29, 0.717) is 17.9 Å². The van der Waals surface area contributed by atoms with Crippen molar-refractivity contribution in [3.05, 3.63) is 47.5 Å². The molecule has 3 nitrogen and oxygen atoms in total. The van der Waals surface area contributed by atoms with Gasteiger partial charge in [0.05, 0.1) is 6.20 Å². The lowest BCUT2D eigenvalue weighted by atomic mass is 10.2. The minimum atomic E-state index is -0.340. The van der Waals surface area contributed by atoms with Gasteiger partial charge in [-0.1, -0.05) is 0 Å². The predicted octanol–water partition coefficient (Wildman–Crippen LogP) is 3.36. The first-order valence-corrected chi connectivity index (χ1v) is 6.24. The van der Waals surface area contributed by atoms with E-state index < -0.39 is 0 Å². The topological polar surface area (TPSA) is 27.1 Å². The fraction of sp³-hybridized carbons (Fsp3) is 0.308. The molecule has 0 atom stereocenters. The first-order chi connectivity index (χ1) is 8.71. The van der Waals surface area contributed by atoms with Crippen molar-refractivity contribution in [1.29, 1.82) is 0 Å². The van der Waals surface area contributed by atoms with Crippen LogP contribution in [-0.4, -0.2) is 9.78 Å². The predicted molar refractivity (Wildman–Crippen MR) is 68.2 cm³/mol. The molecule has 0 radical (unpaired) electrons. The number of hydrogen-bond acceptors (Lipinski definition) is 2. The summed E-state index contributed by atoms with van der Waals surface area (Å²) < 4.78 is 20.6. The summed E-state index contributed by atoms with van der Waals surface area (Å²) in [5.74, 6) is 0.407. The molecule has 96 valence electrons. The van der Waals surface area contributed by atoms with E-state index in [1.807, 2.05) is 17.8 Å². The van der Waals surface area contributed by atoms with E-state index in [2.05, 4.69) is 5.10 Å². The van der Waals surface area contributed by atoms with Crippen molar-refractivity contribution < 1.29 is 9.13 Å². The Balaban J connectivity index is 2.03. The molecular weight excluding hydrogens is 255 g/mol. The molecule has 1 aromatic heterocycles. The van der Waals surface area contributed by atoms with Crippen molar-refractivity contribution in [2.75, 3.05) is 0 Å². The average Bonchev–Trinajstić information content (AvgIpc) is 2.83. The minimum absolute atomic E-state index is 0.266. The van der Waals surface area contributed by atoms with E-state index in [-0.39, 0.29) is 11.7 Å². The molecule has 0 spiro atoms. The van der Waals surface area contributed by atoms with Gasteiger partial charge in [-0.05, 0) is 24.6 Å². The first kappa shape index (κ1) is 12.9. The number of benzene rings is 1. The van der Waals surface area contributed by atoms with Crippen molar-refractivity contribution in [1.82, 2.24) is 9.78 Å². The van der Waals surface area contributed by atoms with Gasteiger partial charge < -0.3 is 4.74 Å². The molecule has 0 saturated carbocycles. The zero-order valence-corrected chi connectivity index (χ0v) is 10.8. The summed E-state index contributed by atoms with van der Waals surface area (Å²) in [6, 6.07) is 4.48. The quantitative estimate of drug-likeness (QED) is 0.778. The number of aromatic nitrogens is 2. The van der Waals surface area contributed by atoms with Crippen molar-refractivity contribution >= 4 is 11.6 Å². The minimum Gasteiger partial charge on any atom is -0.489 e. The molecule has 2 rings (SSSR count). The molecule has 1 aromatic carbocycles. The molecular formula is C13H14ClFN2O. The molecule has 0 unspecified atom stereocenters. The Bertz CT molecular complexity index is 527. The number of aryl methyl sites for hydroxylation is 1. The smallest absolute Gasteiger partial charge is 0.127 e. The summed E-state index contributed by atoms with van der Waals surface area (Å²) in [6.45, 7) is 3.19. The third-order valence-corrected chi connectivity index (χ3v) is 2.81. The Labute approximate surface area is 110 Å². The van der Waals surface area contributed by atoms with Crippen molar-refractivity contribution in [3.8, 4) is 5.75 Å². The molecule has 1 heterocycles. The highest BCUT2D eigenvalue weighted by molar-refractivity contribution is 6.17. The van der Waals surface area contributed by atoms with Crippen molar-refractivity contribution in [3.63, 3.8) is 0 Å². The van der Waals surface area contributed by atoms with Gasteiger partial charge in [-0.3, -0.25) is 4.68 Å². The molecule has 0 aliphatic rings. The molecule has 0 N–H and O–H groups in total. The highest BCUT2D eigenvalue weighted by Crippen LogP contribution is 2.19. The lowest BCUT2D eigenvalue weighted by molar-refractivity contribution is 0.304.